The second-order valence-electron chi connectivity index (χ2n) is 3.97. The van der Waals surface area contributed by atoms with Gasteiger partial charge in [-0.05, 0) is 28.7 Å². The van der Waals surface area contributed by atoms with E-state index in [9.17, 15) is 4.39 Å². The first-order valence-electron chi connectivity index (χ1n) is 5.51. The Kier molecular flexibility index (Phi) is 3.09. The van der Waals surface area contributed by atoms with E-state index < -0.39 is 0 Å². The Bertz CT molecular complexity index is 724. The molecule has 98 valence electrons. The van der Waals surface area contributed by atoms with Crippen LogP contribution in [0.15, 0.2) is 23.0 Å². The zero-order valence-corrected chi connectivity index (χ0v) is 11.8. The summed E-state index contributed by atoms with van der Waals surface area (Å²) in [6.45, 7) is 0.516. The number of fused-ring (bicyclic) bond motifs is 1. The molecule has 2 heterocycles. The number of nitrogens with two attached hydrogens (primary N) is 1. The second-order valence-corrected chi connectivity index (χ2v) is 5.14. The van der Waals surface area contributed by atoms with Gasteiger partial charge in [0.1, 0.15) is 5.82 Å². The molecule has 0 aliphatic heterocycles. The molecule has 0 fully saturated rings. The van der Waals surface area contributed by atoms with Crippen molar-refractivity contribution in [2.24, 2.45) is 0 Å². The molecule has 0 radical (unpaired) electrons. The van der Waals surface area contributed by atoms with Crippen LogP contribution in [-0.4, -0.2) is 19.7 Å². The highest BCUT2D eigenvalue weighted by Gasteiger charge is 2.12. The number of aromatic nitrogens is 4. The van der Waals surface area contributed by atoms with Crippen LogP contribution in [0.2, 0.25) is 0 Å². The molecule has 2 aromatic heterocycles. The van der Waals surface area contributed by atoms with Gasteiger partial charge in [-0.1, -0.05) is 5.16 Å². The van der Waals surface area contributed by atoms with Crippen LogP contribution in [-0.2, 0) is 13.0 Å². The Labute approximate surface area is 120 Å². The van der Waals surface area contributed by atoms with E-state index in [1.165, 1.54) is 12.5 Å². The average Bonchev–Trinajstić information content (AvgIpc) is 2.96. The first-order valence-corrected chi connectivity index (χ1v) is 6.59. The highest BCUT2D eigenvalue weighted by molar-refractivity contribution is 14.1. The van der Waals surface area contributed by atoms with Gasteiger partial charge in [0.25, 0.3) is 0 Å². The first-order chi connectivity index (χ1) is 9.15. The Morgan fingerprint density at radius 2 is 2.26 bits per heavy atom. The molecule has 0 bridgehead atoms. The van der Waals surface area contributed by atoms with E-state index in [1.54, 1.807) is 10.6 Å². The van der Waals surface area contributed by atoms with Crippen molar-refractivity contribution >= 4 is 39.6 Å². The van der Waals surface area contributed by atoms with Crippen LogP contribution >= 0.6 is 22.6 Å². The molecule has 6 nitrogen and oxygen atoms in total. The van der Waals surface area contributed by atoms with Crippen molar-refractivity contribution in [3.8, 4) is 0 Å². The lowest BCUT2D eigenvalue weighted by Crippen LogP contribution is -2.06. The quantitative estimate of drug-likeness (QED) is 0.710. The SMILES string of the molecule is Nc1nc2cc(I)c(F)cc2n1CCc1ncon1. The van der Waals surface area contributed by atoms with Gasteiger partial charge in [0.2, 0.25) is 12.3 Å². The van der Waals surface area contributed by atoms with Gasteiger partial charge in [-0.15, -0.1) is 0 Å². The molecule has 0 aliphatic carbocycles. The number of hydrogen-bond donors (Lipinski definition) is 1. The summed E-state index contributed by atoms with van der Waals surface area (Å²) in [7, 11) is 0. The van der Waals surface area contributed by atoms with E-state index in [2.05, 4.69) is 19.6 Å². The molecule has 0 unspecified atom stereocenters. The van der Waals surface area contributed by atoms with Crippen LogP contribution in [0, 0.1) is 9.39 Å². The molecule has 0 amide bonds. The number of nitrogens with zero attached hydrogens (tertiary/aromatic N) is 4. The van der Waals surface area contributed by atoms with Crippen LogP contribution in [0.1, 0.15) is 5.82 Å². The maximum Gasteiger partial charge on any atom is 0.213 e. The lowest BCUT2D eigenvalue weighted by atomic mass is 10.3. The number of halogens is 2. The monoisotopic (exact) mass is 373 g/mol. The molecular weight excluding hydrogens is 364 g/mol. The predicted octanol–water partition coefficient (Wildman–Crippen LogP) is 1.99. The fraction of sp³-hybridized carbons (Fsp3) is 0.182. The maximum absolute atomic E-state index is 13.6. The fourth-order valence-electron chi connectivity index (χ4n) is 1.89. The Hall–Kier alpha value is -1.71. The molecule has 8 heteroatoms. The summed E-state index contributed by atoms with van der Waals surface area (Å²) in [6, 6.07) is 3.11. The van der Waals surface area contributed by atoms with E-state index in [0.29, 0.717) is 39.3 Å². The first kappa shape index (κ1) is 12.3. The number of hydrogen-bond acceptors (Lipinski definition) is 5. The number of aryl methyl sites for hydroxylation is 2. The topological polar surface area (TPSA) is 82.8 Å². The standard InChI is InChI=1S/C11H9FIN5O/c12-6-3-9-8(4-7(6)13)16-11(14)18(9)2-1-10-15-5-19-17-10/h3-5H,1-2H2,(H2,14,16). The number of anilines is 1. The minimum atomic E-state index is -0.284. The van der Waals surface area contributed by atoms with Gasteiger partial charge in [0, 0.05) is 19.0 Å². The Morgan fingerprint density at radius 3 is 3.00 bits per heavy atom. The third-order valence-electron chi connectivity index (χ3n) is 2.79. The maximum atomic E-state index is 13.6. The smallest absolute Gasteiger partial charge is 0.213 e. The largest absolute Gasteiger partial charge is 0.369 e. The van der Waals surface area contributed by atoms with Crippen molar-refractivity contribution in [1.29, 1.82) is 0 Å². The molecule has 19 heavy (non-hydrogen) atoms. The van der Waals surface area contributed by atoms with Crippen LogP contribution in [0.5, 0.6) is 0 Å². The van der Waals surface area contributed by atoms with Gasteiger partial charge >= 0.3 is 0 Å². The summed E-state index contributed by atoms with van der Waals surface area (Å²) in [5.74, 6) is 0.640. The summed E-state index contributed by atoms with van der Waals surface area (Å²) in [4.78, 5) is 8.15. The normalized spacial score (nSPS) is 11.3. The molecule has 2 N–H and O–H groups in total. The molecule has 0 saturated heterocycles. The van der Waals surface area contributed by atoms with Crippen molar-refractivity contribution in [3.63, 3.8) is 0 Å². The molecule has 3 rings (SSSR count). The van der Waals surface area contributed by atoms with Gasteiger partial charge in [0.15, 0.2) is 5.82 Å². The summed E-state index contributed by atoms with van der Waals surface area (Å²) in [5.41, 5.74) is 7.20. The van der Waals surface area contributed by atoms with Gasteiger partial charge < -0.3 is 14.8 Å². The Balaban J connectivity index is 1.98. The molecule has 0 spiro atoms. The number of benzene rings is 1. The summed E-state index contributed by atoms with van der Waals surface area (Å²) < 4.78 is 20.5. The predicted molar refractivity (Wildman–Crippen MR) is 74.8 cm³/mol. The van der Waals surface area contributed by atoms with Crippen molar-refractivity contribution in [2.45, 2.75) is 13.0 Å². The van der Waals surface area contributed by atoms with Crippen LogP contribution in [0.25, 0.3) is 11.0 Å². The minimum absolute atomic E-state index is 0.284. The molecule has 0 saturated carbocycles. The van der Waals surface area contributed by atoms with Gasteiger partial charge in [-0.3, -0.25) is 0 Å². The zero-order valence-electron chi connectivity index (χ0n) is 9.68. The van der Waals surface area contributed by atoms with Crippen molar-refractivity contribution < 1.29 is 8.91 Å². The van der Waals surface area contributed by atoms with E-state index >= 15 is 0 Å². The lowest BCUT2D eigenvalue weighted by molar-refractivity contribution is 0.408. The second kappa shape index (κ2) is 4.76. The molecule has 0 aliphatic rings. The zero-order chi connectivity index (χ0) is 13.4. The highest BCUT2D eigenvalue weighted by atomic mass is 127. The number of rotatable bonds is 3. The third-order valence-corrected chi connectivity index (χ3v) is 3.61. The van der Waals surface area contributed by atoms with E-state index in [0.717, 1.165) is 0 Å². The van der Waals surface area contributed by atoms with E-state index in [-0.39, 0.29) is 5.82 Å². The third kappa shape index (κ3) is 2.27. The van der Waals surface area contributed by atoms with Crippen molar-refractivity contribution in [1.82, 2.24) is 19.7 Å². The minimum Gasteiger partial charge on any atom is -0.369 e. The van der Waals surface area contributed by atoms with Crippen molar-refractivity contribution in [3.05, 3.63) is 33.7 Å². The fourth-order valence-corrected chi connectivity index (χ4v) is 2.34. The molecular formula is C11H9FIN5O. The summed E-state index contributed by atoms with van der Waals surface area (Å²) in [5, 5.41) is 3.72. The van der Waals surface area contributed by atoms with Gasteiger partial charge in [-0.2, -0.15) is 4.98 Å². The Morgan fingerprint density at radius 1 is 1.42 bits per heavy atom. The van der Waals surface area contributed by atoms with Crippen LogP contribution < -0.4 is 5.73 Å². The lowest BCUT2D eigenvalue weighted by Gasteiger charge is -2.04. The molecule has 3 aromatic rings. The summed E-state index contributed by atoms with van der Waals surface area (Å²) in [6.07, 6.45) is 1.81. The number of nitrogen functional groups attached to an aromatic ring is 1. The van der Waals surface area contributed by atoms with E-state index in [4.69, 9.17) is 5.73 Å². The van der Waals surface area contributed by atoms with Gasteiger partial charge in [-0.25, -0.2) is 9.37 Å². The molecule has 1 aromatic carbocycles. The average molecular weight is 373 g/mol. The van der Waals surface area contributed by atoms with Gasteiger partial charge in [0.05, 0.1) is 14.6 Å². The van der Waals surface area contributed by atoms with Crippen LogP contribution in [0.3, 0.4) is 0 Å². The number of imidazole rings is 1. The van der Waals surface area contributed by atoms with E-state index in [1.807, 2.05) is 22.6 Å². The molecule has 0 atom stereocenters. The van der Waals surface area contributed by atoms with Crippen LogP contribution in [0.4, 0.5) is 10.3 Å². The summed E-state index contributed by atoms with van der Waals surface area (Å²) >= 11 is 1.93. The van der Waals surface area contributed by atoms with Crippen molar-refractivity contribution in [2.75, 3.05) is 5.73 Å². The highest BCUT2D eigenvalue weighted by Crippen LogP contribution is 2.23.